The van der Waals surface area contributed by atoms with Crippen LogP contribution in [-0.4, -0.2) is 43.8 Å². The zero-order valence-electron chi connectivity index (χ0n) is 15.5. The Morgan fingerprint density at radius 2 is 1.92 bits per heavy atom. The summed E-state index contributed by atoms with van der Waals surface area (Å²) < 4.78 is 2.03. The van der Waals surface area contributed by atoms with Crippen molar-refractivity contribution in [3.63, 3.8) is 0 Å². The summed E-state index contributed by atoms with van der Waals surface area (Å²) in [6.07, 6.45) is 4.25. The molecule has 0 saturated carbocycles. The largest absolute Gasteiger partial charge is 0.300 e. The van der Waals surface area contributed by atoms with E-state index in [-0.39, 0.29) is 0 Å². The third-order valence-corrected chi connectivity index (χ3v) is 4.84. The predicted octanol–water partition coefficient (Wildman–Crippen LogP) is 3.82. The van der Waals surface area contributed by atoms with Crippen molar-refractivity contribution in [3.05, 3.63) is 29.8 Å². The molecular formula is C19H29N5. The zero-order valence-corrected chi connectivity index (χ0v) is 15.5. The van der Waals surface area contributed by atoms with Gasteiger partial charge in [-0.3, -0.25) is 4.68 Å². The highest BCUT2D eigenvalue weighted by atomic mass is 15.3. The fraction of sp³-hybridized carbons (Fsp3) is 0.632. The lowest BCUT2D eigenvalue weighted by molar-refractivity contribution is 0.165. The first-order valence-corrected chi connectivity index (χ1v) is 9.09. The second-order valence-corrected chi connectivity index (χ2v) is 7.44. The van der Waals surface area contributed by atoms with Crippen molar-refractivity contribution in [2.75, 3.05) is 13.1 Å². The first-order valence-electron chi connectivity index (χ1n) is 9.09. The van der Waals surface area contributed by atoms with Crippen molar-refractivity contribution >= 4 is 0 Å². The molecule has 5 nitrogen and oxygen atoms in total. The average Bonchev–Trinajstić information content (AvgIpc) is 3.04. The van der Waals surface area contributed by atoms with Gasteiger partial charge in [0.25, 0.3) is 0 Å². The molecule has 0 radical (unpaired) electrons. The number of hydrogen-bond acceptors (Lipinski definition) is 4. The van der Waals surface area contributed by atoms with Gasteiger partial charge in [0.15, 0.2) is 0 Å². The number of aromatic nitrogens is 4. The van der Waals surface area contributed by atoms with Gasteiger partial charge in [-0.1, -0.05) is 0 Å². The molecule has 3 heterocycles. The Hall–Kier alpha value is -1.75. The number of aryl methyl sites for hydroxylation is 1. The molecule has 0 aliphatic carbocycles. The van der Waals surface area contributed by atoms with E-state index in [2.05, 4.69) is 50.7 Å². The minimum absolute atomic E-state index is 0.319. The normalized spacial score (nSPS) is 19.4. The van der Waals surface area contributed by atoms with Crippen LogP contribution in [0.15, 0.2) is 18.3 Å². The van der Waals surface area contributed by atoms with Crippen LogP contribution in [-0.2, 0) is 0 Å². The van der Waals surface area contributed by atoms with Crippen LogP contribution in [0.5, 0.6) is 0 Å². The van der Waals surface area contributed by atoms with E-state index in [1.165, 1.54) is 19.4 Å². The monoisotopic (exact) mass is 327 g/mol. The summed E-state index contributed by atoms with van der Waals surface area (Å²) in [5, 5.41) is 4.45. The summed E-state index contributed by atoms with van der Waals surface area (Å²) in [6, 6.07) is 5.02. The van der Waals surface area contributed by atoms with Crippen LogP contribution < -0.4 is 0 Å². The lowest BCUT2D eigenvalue weighted by atomic mass is 9.96. The minimum Gasteiger partial charge on any atom is -0.300 e. The quantitative estimate of drug-likeness (QED) is 0.856. The summed E-state index contributed by atoms with van der Waals surface area (Å²) >= 11 is 0. The van der Waals surface area contributed by atoms with Crippen LogP contribution in [0.25, 0.3) is 11.4 Å². The van der Waals surface area contributed by atoms with E-state index in [0.717, 1.165) is 29.5 Å². The van der Waals surface area contributed by atoms with Crippen molar-refractivity contribution in [3.8, 4) is 11.4 Å². The maximum atomic E-state index is 4.94. The molecule has 24 heavy (non-hydrogen) atoms. The van der Waals surface area contributed by atoms with Crippen molar-refractivity contribution in [2.45, 2.75) is 65.5 Å². The van der Waals surface area contributed by atoms with Gasteiger partial charge in [-0.2, -0.15) is 5.10 Å². The van der Waals surface area contributed by atoms with Gasteiger partial charge >= 0.3 is 0 Å². The van der Waals surface area contributed by atoms with Crippen molar-refractivity contribution in [2.24, 2.45) is 0 Å². The molecule has 0 aromatic carbocycles. The fourth-order valence-electron chi connectivity index (χ4n) is 3.52. The molecule has 0 N–H and O–H groups in total. The Labute approximate surface area is 145 Å². The number of nitrogens with zero attached hydrogens (tertiary/aromatic N) is 5. The van der Waals surface area contributed by atoms with E-state index in [0.29, 0.717) is 18.0 Å². The molecular weight excluding hydrogens is 298 g/mol. The van der Waals surface area contributed by atoms with Gasteiger partial charge in [-0.05, 0) is 66.1 Å². The molecule has 0 amide bonds. The number of piperidine rings is 1. The van der Waals surface area contributed by atoms with Gasteiger partial charge in [-0.15, -0.1) is 0 Å². The van der Waals surface area contributed by atoms with E-state index < -0.39 is 0 Å². The van der Waals surface area contributed by atoms with E-state index in [9.17, 15) is 0 Å². The van der Waals surface area contributed by atoms with Crippen LogP contribution >= 0.6 is 0 Å². The van der Waals surface area contributed by atoms with Crippen LogP contribution in [0.3, 0.4) is 0 Å². The molecule has 130 valence electrons. The highest BCUT2D eigenvalue weighted by Gasteiger charge is 2.25. The molecule has 0 unspecified atom stereocenters. The highest BCUT2D eigenvalue weighted by Crippen LogP contribution is 2.28. The Morgan fingerprint density at radius 1 is 1.12 bits per heavy atom. The molecule has 0 spiro atoms. The summed E-state index contributed by atoms with van der Waals surface area (Å²) in [4.78, 5) is 12.2. The number of rotatable bonds is 4. The van der Waals surface area contributed by atoms with Crippen LogP contribution in [0, 0.1) is 6.92 Å². The average molecular weight is 327 g/mol. The van der Waals surface area contributed by atoms with Gasteiger partial charge in [0.05, 0.1) is 11.4 Å². The Bertz CT molecular complexity index is 689. The smallest absolute Gasteiger partial charge is 0.133 e. The summed E-state index contributed by atoms with van der Waals surface area (Å²) in [5.41, 5.74) is 3.10. The lowest BCUT2D eigenvalue weighted by Crippen LogP contribution is -2.39. The van der Waals surface area contributed by atoms with Crippen LogP contribution in [0.1, 0.15) is 64.0 Å². The second kappa shape index (κ2) is 7.01. The van der Waals surface area contributed by atoms with Crippen molar-refractivity contribution in [1.82, 2.24) is 24.6 Å². The van der Waals surface area contributed by atoms with Gasteiger partial charge < -0.3 is 4.90 Å². The molecule has 1 aliphatic heterocycles. The van der Waals surface area contributed by atoms with E-state index in [4.69, 9.17) is 9.97 Å². The van der Waals surface area contributed by atoms with Crippen LogP contribution in [0.2, 0.25) is 0 Å². The predicted molar refractivity (Wildman–Crippen MR) is 97.1 cm³/mol. The molecule has 2 aromatic rings. The maximum Gasteiger partial charge on any atom is 0.133 e. The van der Waals surface area contributed by atoms with E-state index in [1.54, 1.807) is 0 Å². The molecule has 3 rings (SSSR count). The Balaban J connectivity index is 1.93. The molecule has 1 atom stereocenters. The summed E-state index contributed by atoms with van der Waals surface area (Å²) in [7, 11) is 0. The van der Waals surface area contributed by atoms with Gasteiger partial charge in [0.2, 0.25) is 0 Å². The fourth-order valence-corrected chi connectivity index (χ4v) is 3.52. The highest BCUT2D eigenvalue weighted by molar-refractivity contribution is 5.54. The van der Waals surface area contributed by atoms with Gasteiger partial charge in [0.1, 0.15) is 5.82 Å². The molecule has 1 saturated heterocycles. The van der Waals surface area contributed by atoms with Crippen molar-refractivity contribution < 1.29 is 0 Å². The molecule has 5 heteroatoms. The molecule has 2 aromatic heterocycles. The molecule has 0 bridgehead atoms. The topological polar surface area (TPSA) is 46.8 Å². The number of hydrogen-bond donors (Lipinski definition) is 0. The van der Waals surface area contributed by atoms with E-state index >= 15 is 0 Å². The minimum atomic E-state index is 0.319. The third-order valence-electron chi connectivity index (χ3n) is 4.84. The summed E-state index contributed by atoms with van der Waals surface area (Å²) in [5.74, 6) is 1.42. The Morgan fingerprint density at radius 3 is 2.62 bits per heavy atom. The molecule has 1 fully saturated rings. The number of likely N-dealkylation sites (tertiary alicyclic amines) is 1. The van der Waals surface area contributed by atoms with Gasteiger partial charge in [0, 0.05) is 36.4 Å². The first-order chi connectivity index (χ1) is 11.5. The second-order valence-electron chi connectivity index (χ2n) is 7.44. The van der Waals surface area contributed by atoms with Crippen LogP contribution in [0.4, 0.5) is 0 Å². The lowest BCUT2D eigenvalue weighted by Gasteiger charge is -2.34. The SMILES string of the molecule is Cc1cc(-c2ccnn2C(C)C)nc([C@@H]2CCCN(C(C)C)C2)n1. The summed E-state index contributed by atoms with van der Waals surface area (Å²) in [6.45, 7) is 13.1. The van der Waals surface area contributed by atoms with Crippen molar-refractivity contribution in [1.29, 1.82) is 0 Å². The standard InChI is InChI=1S/C19H29N5/c1-13(2)23-10-6-7-16(12-23)19-21-15(5)11-17(22-19)18-8-9-20-24(18)14(3)4/h8-9,11,13-14,16H,6-7,10,12H2,1-5H3/t16-/m1/s1. The third kappa shape index (κ3) is 3.51. The molecule has 1 aliphatic rings. The van der Waals surface area contributed by atoms with E-state index in [1.807, 2.05) is 16.9 Å². The Kier molecular flexibility index (Phi) is 4.99. The van der Waals surface area contributed by atoms with Gasteiger partial charge in [-0.25, -0.2) is 9.97 Å². The first kappa shape index (κ1) is 17.1. The maximum absolute atomic E-state index is 4.94. The zero-order chi connectivity index (χ0) is 17.3.